The van der Waals surface area contributed by atoms with Crippen molar-refractivity contribution >= 4 is 22.3 Å². The zero-order valence-electron chi connectivity index (χ0n) is 17.2. The van der Waals surface area contributed by atoms with Gasteiger partial charge in [-0.2, -0.15) is 0 Å². The van der Waals surface area contributed by atoms with Crippen molar-refractivity contribution in [2.24, 2.45) is 4.99 Å². The summed E-state index contributed by atoms with van der Waals surface area (Å²) in [6, 6.07) is 11.2. The molecule has 0 spiro atoms. The van der Waals surface area contributed by atoms with Gasteiger partial charge in [0.25, 0.3) is 0 Å². The molecular formula is C22H32N4OS. The van der Waals surface area contributed by atoms with Crippen molar-refractivity contribution in [2.75, 3.05) is 38.2 Å². The number of nitrogens with one attached hydrogen (secondary N) is 2. The fraction of sp³-hybridized carbons (Fsp3) is 0.500. The van der Waals surface area contributed by atoms with Gasteiger partial charge in [-0.25, -0.2) is 0 Å². The topological polar surface area (TPSA) is 48.9 Å². The summed E-state index contributed by atoms with van der Waals surface area (Å²) in [7, 11) is 1.72. The number of aryl methyl sites for hydroxylation is 1. The number of anilines is 1. The van der Waals surface area contributed by atoms with E-state index in [9.17, 15) is 0 Å². The molecule has 3 rings (SSSR count). The number of guanidine groups is 1. The average Bonchev–Trinajstić information content (AvgIpc) is 3.25. The van der Waals surface area contributed by atoms with E-state index in [1.54, 1.807) is 7.11 Å². The van der Waals surface area contributed by atoms with Crippen molar-refractivity contribution in [3.05, 3.63) is 46.8 Å². The molecule has 2 heterocycles. The summed E-state index contributed by atoms with van der Waals surface area (Å²) in [5.74, 6) is 1.88. The van der Waals surface area contributed by atoms with Gasteiger partial charge in [0.05, 0.1) is 12.1 Å². The molecule has 152 valence electrons. The Balaban J connectivity index is 1.50. The van der Waals surface area contributed by atoms with Gasteiger partial charge < -0.3 is 20.3 Å². The number of hydrogen-bond donors (Lipinski definition) is 2. The highest BCUT2D eigenvalue weighted by molar-refractivity contribution is 7.14. The quantitative estimate of drug-likeness (QED) is 0.548. The smallest absolute Gasteiger partial charge is 0.191 e. The van der Waals surface area contributed by atoms with Crippen LogP contribution in [0.2, 0.25) is 0 Å². The van der Waals surface area contributed by atoms with Gasteiger partial charge in [0, 0.05) is 32.2 Å². The van der Waals surface area contributed by atoms with E-state index in [1.165, 1.54) is 16.1 Å². The Labute approximate surface area is 172 Å². The largest absolute Gasteiger partial charge is 0.496 e. The van der Waals surface area contributed by atoms with E-state index >= 15 is 0 Å². The van der Waals surface area contributed by atoms with Gasteiger partial charge >= 0.3 is 0 Å². The molecule has 1 fully saturated rings. The molecule has 0 bridgehead atoms. The first-order valence-corrected chi connectivity index (χ1v) is 11.0. The molecule has 2 aromatic rings. The maximum Gasteiger partial charge on any atom is 0.191 e. The van der Waals surface area contributed by atoms with Crippen molar-refractivity contribution in [2.45, 2.75) is 39.2 Å². The Morgan fingerprint density at radius 2 is 2.11 bits per heavy atom. The van der Waals surface area contributed by atoms with Gasteiger partial charge in [-0.1, -0.05) is 12.1 Å². The molecule has 0 unspecified atom stereocenters. The standard InChI is InChI=1S/C22H32N4OS/c1-4-23-22(24-12-9-18-8-7-17(2)20(16-18)27-3)25-19-10-13-26(14-11-19)21-6-5-15-28-21/h5-8,15-16,19H,4,9-14H2,1-3H3,(H2,23,24,25). The number of benzene rings is 1. The van der Waals surface area contributed by atoms with Crippen LogP contribution in [0.4, 0.5) is 5.00 Å². The fourth-order valence-electron chi connectivity index (χ4n) is 3.52. The number of aliphatic imine (C=N–C) groups is 1. The second kappa shape index (κ2) is 10.4. The molecule has 0 radical (unpaired) electrons. The molecule has 1 aliphatic heterocycles. The Kier molecular flexibility index (Phi) is 7.60. The van der Waals surface area contributed by atoms with Crippen LogP contribution in [0.1, 0.15) is 30.9 Å². The van der Waals surface area contributed by atoms with Crippen LogP contribution in [0.5, 0.6) is 5.75 Å². The van der Waals surface area contributed by atoms with Crippen LogP contribution in [-0.2, 0) is 6.42 Å². The summed E-state index contributed by atoms with van der Waals surface area (Å²) in [5, 5.41) is 10.6. The molecule has 6 heteroatoms. The summed E-state index contributed by atoms with van der Waals surface area (Å²) in [4.78, 5) is 7.28. The Bertz CT molecular complexity index is 752. The molecule has 1 saturated heterocycles. The van der Waals surface area contributed by atoms with Crippen LogP contribution in [0.25, 0.3) is 0 Å². The van der Waals surface area contributed by atoms with E-state index < -0.39 is 0 Å². The number of piperidine rings is 1. The highest BCUT2D eigenvalue weighted by atomic mass is 32.1. The first-order chi connectivity index (χ1) is 13.7. The van der Waals surface area contributed by atoms with E-state index in [1.807, 2.05) is 11.3 Å². The van der Waals surface area contributed by atoms with Gasteiger partial charge in [-0.15, -0.1) is 11.3 Å². The lowest BCUT2D eigenvalue weighted by molar-refractivity contribution is 0.411. The van der Waals surface area contributed by atoms with Crippen molar-refractivity contribution in [1.82, 2.24) is 10.6 Å². The molecular weight excluding hydrogens is 368 g/mol. The van der Waals surface area contributed by atoms with Crippen molar-refractivity contribution in [3.63, 3.8) is 0 Å². The number of thiophene rings is 1. The first kappa shape index (κ1) is 20.5. The molecule has 0 saturated carbocycles. The predicted octanol–water partition coefficient (Wildman–Crippen LogP) is 3.83. The number of nitrogens with zero attached hydrogens (tertiary/aromatic N) is 2. The highest BCUT2D eigenvalue weighted by Crippen LogP contribution is 2.24. The minimum Gasteiger partial charge on any atom is -0.496 e. The Morgan fingerprint density at radius 1 is 1.29 bits per heavy atom. The molecule has 1 aliphatic rings. The Morgan fingerprint density at radius 3 is 2.79 bits per heavy atom. The molecule has 5 nitrogen and oxygen atoms in total. The third-order valence-corrected chi connectivity index (χ3v) is 6.07. The van der Waals surface area contributed by atoms with E-state index in [-0.39, 0.29) is 0 Å². The SMILES string of the molecule is CCNC(=NCCc1ccc(C)c(OC)c1)NC1CCN(c2cccs2)CC1. The molecule has 2 N–H and O–H groups in total. The highest BCUT2D eigenvalue weighted by Gasteiger charge is 2.20. The zero-order valence-corrected chi connectivity index (χ0v) is 18.0. The third kappa shape index (κ3) is 5.64. The van der Waals surface area contributed by atoms with Crippen molar-refractivity contribution in [3.8, 4) is 5.75 Å². The summed E-state index contributed by atoms with van der Waals surface area (Å²) in [6.07, 6.45) is 3.18. The monoisotopic (exact) mass is 400 g/mol. The predicted molar refractivity (Wildman–Crippen MR) is 120 cm³/mol. The fourth-order valence-corrected chi connectivity index (χ4v) is 4.31. The molecule has 0 aliphatic carbocycles. The lowest BCUT2D eigenvalue weighted by Crippen LogP contribution is -2.48. The van der Waals surface area contributed by atoms with Gasteiger partial charge in [0.1, 0.15) is 5.75 Å². The lowest BCUT2D eigenvalue weighted by atomic mass is 10.1. The van der Waals surface area contributed by atoms with Crippen LogP contribution in [-0.4, -0.2) is 45.3 Å². The molecule has 1 aromatic heterocycles. The number of hydrogen-bond acceptors (Lipinski definition) is 4. The minimum atomic E-state index is 0.480. The number of ether oxygens (including phenoxy) is 1. The van der Waals surface area contributed by atoms with Crippen molar-refractivity contribution in [1.29, 1.82) is 0 Å². The van der Waals surface area contributed by atoms with Gasteiger partial charge in [-0.05, 0) is 67.8 Å². The molecule has 28 heavy (non-hydrogen) atoms. The normalized spacial score (nSPS) is 15.5. The van der Waals surface area contributed by atoms with E-state index in [2.05, 4.69) is 65.1 Å². The van der Waals surface area contributed by atoms with Gasteiger partial charge in [0.2, 0.25) is 0 Å². The maximum atomic E-state index is 5.42. The minimum absolute atomic E-state index is 0.480. The summed E-state index contributed by atoms with van der Waals surface area (Å²) in [5.41, 5.74) is 2.42. The average molecular weight is 401 g/mol. The van der Waals surface area contributed by atoms with Crippen LogP contribution < -0.4 is 20.3 Å². The second-order valence-corrected chi connectivity index (χ2v) is 8.10. The van der Waals surface area contributed by atoms with E-state index in [0.717, 1.165) is 57.2 Å². The lowest BCUT2D eigenvalue weighted by Gasteiger charge is -2.33. The van der Waals surface area contributed by atoms with E-state index in [0.29, 0.717) is 6.04 Å². The van der Waals surface area contributed by atoms with Crippen molar-refractivity contribution < 1.29 is 4.74 Å². The number of methoxy groups -OCH3 is 1. The molecule has 0 atom stereocenters. The number of rotatable bonds is 7. The zero-order chi connectivity index (χ0) is 19.8. The summed E-state index contributed by atoms with van der Waals surface area (Å²) >= 11 is 1.83. The van der Waals surface area contributed by atoms with Crippen LogP contribution in [0, 0.1) is 6.92 Å². The van der Waals surface area contributed by atoms with Crippen LogP contribution in [0.3, 0.4) is 0 Å². The maximum absolute atomic E-state index is 5.42. The summed E-state index contributed by atoms with van der Waals surface area (Å²) in [6.45, 7) is 8.01. The first-order valence-electron chi connectivity index (χ1n) is 10.2. The van der Waals surface area contributed by atoms with Gasteiger partial charge in [0.15, 0.2) is 5.96 Å². The third-order valence-electron chi connectivity index (χ3n) is 5.14. The second-order valence-electron chi connectivity index (χ2n) is 7.17. The van der Waals surface area contributed by atoms with E-state index in [4.69, 9.17) is 9.73 Å². The van der Waals surface area contributed by atoms with Crippen LogP contribution >= 0.6 is 11.3 Å². The molecule has 0 amide bonds. The Hall–Kier alpha value is -2.21. The van der Waals surface area contributed by atoms with Crippen LogP contribution in [0.15, 0.2) is 40.7 Å². The molecule has 1 aromatic carbocycles. The van der Waals surface area contributed by atoms with Gasteiger partial charge in [-0.3, -0.25) is 4.99 Å². The summed E-state index contributed by atoms with van der Waals surface area (Å²) < 4.78 is 5.42.